The maximum absolute atomic E-state index is 12.3. The highest BCUT2D eigenvalue weighted by Crippen LogP contribution is 2.24. The fraction of sp³-hybridized carbons (Fsp3) is 0.174. The number of benzene rings is 3. The molecule has 0 saturated heterocycles. The quantitative estimate of drug-likeness (QED) is 0.276. The average Bonchev–Trinajstić information content (AvgIpc) is 2.73. The molecule has 6 heteroatoms. The van der Waals surface area contributed by atoms with Crippen molar-refractivity contribution in [2.24, 2.45) is 0 Å². The molecule has 0 aliphatic rings. The van der Waals surface area contributed by atoms with Crippen LogP contribution in [0, 0.1) is 0 Å². The smallest absolute Gasteiger partial charge is 0.251 e. The highest BCUT2D eigenvalue weighted by atomic mass is 35.5. The van der Waals surface area contributed by atoms with Gasteiger partial charge in [0.1, 0.15) is 0 Å². The number of amides is 1. The molecule has 0 unspecified atom stereocenters. The minimum absolute atomic E-state index is 0.0368. The van der Waals surface area contributed by atoms with Gasteiger partial charge in [0.2, 0.25) is 0 Å². The zero-order valence-electron chi connectivity index (χ0n) is 15.7. The highest BCUT2D eigenvalue weighted by Gasteiger charge is 2.05. The van der Waals surface area contributed by atoms with Crippen molar-refractivity contribution in [3.63, 3.8) is 0 Å². The molecule has 2 nitrogen and oxygen atoms in total. The van der Waals surface area contributed by atoms with E-state index in [4.69, 9.17) is 23.2 Å². The van der Waals surface area contributed by atoms with Crippen molar-refractivity contribution < 1.29 is 4.79 Å². The van der Waals surface area contributed by atoms with Crippen LogP contribution in [-0.4, -0.2) is 18.2 Å². The van der Waals surface area contributed by atoms with Gasteiger partial charge in [0, 0.05) is 44.3 Å². The van der Waals surface area contributed by atoms with Crippen molar-refractivity contribution in [3.05, 3.63) is 99.5 Å². The minimum atomic E-state index is -0.0368. The van der Waals surface area contributed by atoms with Crippen LogP contribution < -0.4 is 5.32 Å². The molecule has 0 aliphatic heterocycles. The molecule has 0 aromatic heterocycles. The van der Waals surface area contributed by atoms with Crippen LogP contribution >= 0.6 is 46.7 Å². The lowest BCUT2D eigenvalue weighted by atomic mass is 10.1. The number of hydrogen-bond acceptors (Lipinski definition) is 3. The Balaban J connectivity index is 1.37. The maximum Gasteiger partial charge on any atom is 0.251 e. The molecule has 0 aliphatic carbocycles. The summed E-state index contributed by atoms with van der Waals surface area (Å²) in [5, 5.41) is 4.47. The predicted molar refractivity (Wildman–Crippen MR) is 127 cm³/mol. The van der Waals surface area contributed by atoms with E-state index >= 15 is 0 Å². The first-order valence-electron chi connectivity index (χ1n) is 9.18. The summed E-state index contributed by atoms with van der Waals surface area (Å²) in [4.78, 5) is 13.5. The van der Waals surface area contributed by atoms with Crippen molar-refractivity contribution >= 4 is 52.6 Å². The molecule has 0 heterocycles. The predicted octanol–water partition coefficient (Wildman–Crippen LogP) is 6.95. The van der Waals surface area contributed by atoms with Gasteiger partial charge in [0.05, 0.1) is 0 Å². The summed E-state index contributed by atoms with van der Waals surface area (Å²) in [6, 6.07) is 23.4. The molecule has 150 valence electrons. The molecular formula is C23H21Cl2NOS2. The molecule has 1 amide bonds. The van der Waals surface area contributed by atoms with Crippen molar-refractivity contribution in [1.82, 2.24) is 5.32 Å². The first kappa shape index (κ1) is 22.1. The molecule has 0 saturated carbocycles. The second-order valence-electron chi connectivity index (χ2n) is 6.38. The van der Waals surface area contributed by atoms with Crippen LogP contribution in [0.4, 0.5) is 0 Å². The number of carbonyl (C=O) groups excluding carboxylic acids is 1. The van der Waals surface area contributed by atoms with Gasteiger partial charge in [0.15, 0.2) is 0 Å². The summed E-state index contributed by atoms with van der Waals surface area (Å²) in [5.74, 6) is 2.55. The number of nitrogens with one attached hydrogen (secondary N) is 1. The van der Waals surface area contributed by atoms with Gasteiger partial charge in [-0.15, -0.1) is 11.8 Å². The normalized spacial score (nSPS) is 10.7. The van der Waals surface area contributed by atoms with Crippen molar-refractivity contribution in [2.75, 3.05) is 12.3 Å². The van der Waals surface area contributed by atoms with E-state index in [9.17, 15) is 4.79 Å². The van der Waals surface area contributed by atoms with E-state index in [1.807, 2.05) is 66.7 Å². The molecule has 3 aromatic rings. The Hall–Kier alpha value is -1.59. The monoisotopic (exact) mass is 461 g/mol. The van der Waals surface area contributed by atoms with Crippen LogP contribution in [0.25, 0.3) is 0 Å². The SMILES string of the molecule is O=C(NCCSCc1cccc(Cl)c1)c1ccc(CSc2ccc(Cl)cc2)cc1. The summed E-state index contributed by atoms with van der Waals surface area (Å²) < 4.78 is 0. The Labute approximate surface area is 190 Å². The Bertz CT molecular complexity index is 930. The zero-order chi connectivity index (χ0) is 20.5. The van der Waals surface area contributed by atoms with Crippen LogP contribution in [-0.2, 0) is 11.5 Å². The van der Waals surface area contributed by atoms with E-state index in [0.717, 1.165) is 27.3 Å². The highest BCUT2D eigenvalue weighted by molar-refractivity contribution is 7.98. The Morgan fingerprint density at radius 2 is 1.59 bits per heavy atom. The molecular weight excluding hydrogens is 441 g/mol. The third-order valence-electron chi connectivity index (χ3n) is 4.12. The zero-order valence-corrected chi connectivity index (χ0v) is 18.9. The number of hydrogen-bond donors (Lipinski definition) is 1. The molecule has 0 radical (unpaired) electrons. The lowest BCUT2D eigenvalue weighted by Crippen LogP contribution is -2.25. The lowest BCUT2D eigenvalue weighted by Gasteiger charge is -2.07. The fourth-order valence-electron chi connectivity index (χ4n) is 2.61. The van der Waals surface area contributed by atoms with Crippen LogP contribution in [0.1, 0.15) is 21.5 Å². The summed E-state index contributed by atoms with van der Waals surface area (Å²) >= 11 is 15.4. The van der Waals surface area contributed by atoms with Gasteiger partial charge in [-0.1, -0.05) is 47.5 Å². The Kier molecular flexibility index (Phi) is 8.81. The van der Waals surface area contributed by atoms with Crippen molar-refractivity contribution in [1.29, 1.82) is 0 Å². The lowest BCUT2D eigenvalue weighted by molar-refractivity contribution is 0.0956. The van der Waals surface area contributed by atoms with Gasteiger partial charge < -0.3 is 5.32 Å². The second-order valence-corrected chi connectivity index (χ2v) is 9.40. The van der Waals surface area contributed by atoms with Crippen LogP contribution in [0.2, 0.25) is 10.0 Å². The molecule has 3 aromatic carbocycles. The molecule has 0 spiro atoms. The van der Waals surface area contributed by atoms with E-state index in [0.29, 0.717) is 12.1 Å². The first-order valence-corrected chi connectivity index (χ1v) is 12.1. The van der Waals surface area contributed by atoms with Gasteiger partial charge in [0.25, 0.3) is 5.91 Å². The molecule has 0 bridgehead atoms. The molecule has 29 heavy (non-hydrogen) atoms. The Morgan fingerprint density at radius 3 is 2.31 bits per heavy atom. The minimum Gasteiger partial charge on any atom is -0.351 e. The summed E-state index contributed by atoms with van der Waals surface area (Å²) in [6.07, 6.45) is 0. The fourth-order valence-corrected chi connectivity index (χ4v) is 4.60. The second kappa shape index (κ2) is 11.6. The molecule has 0 fully saturated rings. The molecule has 0 atom stereocenters. The van der Waals surface area contributed by atoms with Gasteiger partial charge in [-0.05, 0) is 59.7 Å². The number of halogens is 2. The van der Waals surface area contributed by atoms with Crippen molar-refractivity contribution in [3.8, 4) is 0 Å². The number of carbonyl (C=O) groups is 1. The summed E-state index contributed by atoms with van der Waals surface area (Å²) in [7, 11) is 0. The standard InChI is InChI=1S/C23H21Cl2NOS2/c24-20-8-10-22(11-9-20)29-16-17-4-6-19(7-5-17)23(27)26-12-13-28-15-18-2-1-3-21(25)14-18/h1-11,14H,12-13,15-16H2,(H,26,27). The maximum atomic E-state index is 12.3. The van der Waals surface area contributed by atoms with Gasteiger partial charge in [-0.25, -0.2) is 0 Å². The van der Waals surface area contributed by atoms with E-state index in [1.165, 1.54) is 16.0 Å². The Morgan fingerprint density at radius 1 is 0.828 bits per heavy atom. The molecule has 3 rings (SSSR count). The van der Waals surface area contributed by atoms with Crippen LogP contribution in [0.3, 0.4) is 0 Å². The van der Waals surface area contributed by atoms with Crippen molar-refractivity contribution in [2.45, 2.75) is 16.4 Å². The largest absolute Gasteiger partial charge is 0.351 e. The molecule has 1 N–H and O–H groups in total. The van der Waals surface area contributed by atoms with Gasteiger partial charge >= 0.3 is 0 Å². The third-order valence-corrected chi connectivity index (χ3v) is 6.73. The topological polar surface area (TPSA) is 29.1 Å². The van der Waals surface area contributed by atoms with Crippen LogP contribution in [0.5, 0.6) is 0 Å². The summed E-state index contributed by atoms with van der Waals surface area (Å²) in [5.41, 5.74) is 3.06. The van der Waals surface area contributed by atoms with E-state index in [-0.39, 0.29) is 5.91 Å². The first-order chi connectivity index (χ1) is 14.1. The average molecular weight is 462 g/mol. The van der Waals surface area contributed by atoms with E-state index < -0.39 is 0 Å². The summed E-state index contributed by atoms with van der Waals surface area (Å²) in [6.45, 7) is 0.637. The van der Waals surface area contributed by atoms with E-state index in [2.05, 4.69) is 11.4 Å². The van der Waals surface area contributed by atoms with Crippen LogP contribution in [0.15, 0.2) is 77.7 Å². The third kappa shape index (κ3) is 7.63. The number of thioether (sulfide) groups is 2. The number of rotatable bonds is 9. The van der Waals surface area contributed by atoms with E-state index in [1.54, 1.807) is 23.5 Å². The van der Waals surface area contributed by atoms with Gasteiger partial charge in [-0.2, -0.15) is 11.8 Å². The van der Waals surface area contributed by atoms with Gasteiger partial charge in [-0.3, -0.25) is 4.79 Å².